The molecule has 3 nitrogen and oxygen atoms in total. The second-order valence-electron chi connectivity index (χ2n) is 5.63. The van der Waals surface area contributed by atoms with Crippen LogP contribution in [-0.2, 0) is 16.2 Å². The van der Waals surface area contributed by atoms with E-state index in [1.54, 1.807) is 24.8 Å². The van der Waals surface area contributed by atoms with Gasteiger partial charge in [-0.15, -0.1) is 0 Å². The average Bonchev–Trinajstić information content (AvgIpc) is 2.67. The van der Waals surface area contributed by atoms with Gasteiger partial charge in [0.05, 0.1) is 13.2 Å². The number of hydrogen-bond donors (Lipinski definition) is 0. The first kappa shape index (κ1) is 19.8. The molecule has 2 aromatic rings. The molecule has 0 bridgehead atoms. The van der Waals surface area contributed by atoms with Gasteiger partial charge in [-0.3, -0.25) is 9.63 Å². The second-order valence-corrected chi connectivity index (χ2v) is 6.78. The Morgan fingerprint density at radius 3 is 2.31 bits per heavy atom. The Labute approximate surface area is 159 Å². The third-order valence-electron chi connectivity index (χ3n) is 3.46. The summed E-state index contributed by atoms with van der Waals surface area (Å²) in [6, 6.07) is 19.8. The predicted molar refractivity (Wildman–Crippen MR) is 108 cm³/mol. The number of amides is 1. The van der Waals surface area contributed by atoms with Crippen molar-refractivity contribution in [3.05, 3.63) is 102 Å². The lowest BCUT2D eigenvalue weighted by Gasteiger charge is -2.21. The van der Waals surface area contributed by atoms with E-state index in [0.29, 0.717) is 12.1 Å². The molecule has 0 aliphatic heterocycles. The lowest BCUT2D eigenvalue weighted by molar-refractivity contribution is -0.181. The Morgan fingerprint density at radius 2 is 1.73 bits per heavy atom. The van der Waals surface area contributed by atoms with Gasteiger partial charge >= 0.3 is 0 Å². The number of rotatable bonds is 9. The van der Waals surface area contributed by atoms with E-state index in [2.05, 4.69) is 13.2 Å². The standard InChI is InChI=1S/C22H23NO2S/c1-4-20(26-21-13-9-6-10-14-21)15-16-25-23(22(24)18(2)3)17-19-11-7-5-8-12-19/h4-15H,1-2,16-17H2,3H3/b20-15+. The molecule has 0 saturated heterocycles. The summed E-state index contributed by atoms with van der Waals surface area (Å²) >= 11 is 1.60. The van der Waals surface area contributed by atoms with Gasteiger partial charge in [-0.25, -0.2) is 5.06 Å². The molecule has 0 atom stereocenters. The molecule has 0 aliphatic rings. The maximum Gasteiger partial charge on any atom is 0.272 e. The third-order valence-corrected chi connectivity index (χ3v) is 4.53. The molecule has 0 aliphatic carbocycles. The summed E-state index contributed by atoms with van der Waals surface area (Å²) in [4.78, 5) is 20.2. The van der Waals surface area contributed by atoms with Gasteiger partial charge in [0.2, 0.25) is 0 Å². The second kappa shape index (κ2) is 10.4. The van der Waals surface area contributed by atoms with Crippen LogP contribution < -0.4 is 0 Å². The molecule has 0 radical (unpaired) electrons. The van der Waals surface area contributed by atoms with Crippen molar-refractivity contribution in [2.45, 2.75) is 18.4 Å². The van der Waals surface area contributed by atoms with Crippen LogP contribution >= 0.6 is 11.8 Å². The van der Waals surface area contributed by atoms with E-state index in [1.807, 2.05) is 66.7 Å². The molecule has 0 heterocycles. The maximum atomic E-state index is 12.3. The minimum atomic E-state index is -0.224. The molecule has 0 saturated carbocycles. The molecule has 0 fully saturated rings. The zero-order chi connectivity index (χ0) is 18.8. The number of nitrogens with zero attached hydrogens (tertiary/aromatic N) is 1. The molecule has 2 rings (SSSR count). The lowest BCUT2D eigenvalue weighted by Crippen LogP contribution is -2.31. The van der Waals surface area contributed by atoms with E-state index in [4.69, 9.17) is 4.84 Å². The molecule has 26 heavy (non-hydrogen) atoms. The van der Waals surface area contributed by atoms with Crippen LogP contribution in [0.1, 0.15) is 12.5 Å². The van der Waals surface area contributed by atoms with Crippen molar-refractivity contribution in [2.24, 2.45) is 0 Å². The van der Waals surface area contributed by atoms with Crippen molar-refractivity contribution >= 4 is 17.7 Å². The Bertz CT molecular complexity index is 769. The molecular formula is C22H23NO2S. The first-order chi connectivity index (χ1) is 12.6. The van der Waals surface area contributed by atoms with Crippen LogP contribution in [0.25, 0.3) is 0 Å². The Morgan fingerprint density at radius 1 is 1.12 bits per heavy atom. The largest absolute Gasteiger partial charge is 0.272 e. The molecule has 0 aromatic heterocycles. The van der Waals surface area contributed by atoms with E-state index in [1.165, 1.54) is 5.06 Å². The third kappa shape index (κ3) is 6.39. The van der Waals surface area contributed by atoms with Gasteiger partial charge < -0.3 is 0 Å². The number of thioether (sulfide) groups is 1. The Balaban J connectivity index is 2.01. The number of allylic oxidation sites excluding steroid dienone is 1. The van der Waals surface area contributed by atoms with Gasteiger partial charge in [-0.2, -0.15) is 0 Å². The molecule has 0 spiro atoms. The molecule has 1 amide bonds. The highest BCUT2D eigenvalue weighted by Gasteiger charge is 2.15. The molecule has 4 heteroatoms. The van der Waals surface area contributed by atoms with Crippen LogP contribution in [0.5, 0.6) is 0 Å². The van der Waals surface area contributed by atoms with E-state index in [0.717, 1.165) is 15.4 Å². The van der Waals surface area contributed by atoms with Gasteiger partial charge in [0.1, 0.15) is 0 Å². The van der Waals surface area contributed by atoms with Crippen LogP contribution in [0.15, 0.2) is 101 Å². The zero-order valence-corrected chi connectivity index (χ0v) is 15.7. The quantitative estimate of drug-likeness (QED) is 0.258. The van der Waals surface area contributed by atoms with Crippen molar-refractivity contribution in [1.29, 1.82) is 0 Å². The summed E-state index contributed by atoms with van der Waals surface area (Å²) in [6.07, 6.45) is 3.69. The smallest absolute Gasteiger partial charge is 0.267 e. The monoisotopic (exact) mass is 365 g/mol. The summed E-state index contributed by atoms with van der Waals surface area (Å²) in [5, 5.41) is 1.35. The average molecular weight is 365 g/mol. The normalized spacial score (nSPS) is 11.0. The first-order valence-corrected chi connectivity index (χ1v) is 9.11. The highest BCUT2D eigenvalue weighted by molar-refractivity contribution is 8.03. The van der Waals surface area contributed by atoms with Crippen LogP contribution in [0.4, 0.5) is 0 Å². The number of carbonyl (C=O) groups excluding carboxylic acids is 1. The predicted octanol–water partition coefficient (Wildman–Crippen LogP) is 5.39. The summed E-state index contributed by atoms with van der Waals surface area (Å²) < 4.78 is 0. The maximum absolute atomic E-state index is 12.3. The molecule has 0 N–H and O–H groups in total. The van der Waals surface area contributed by atoms with E-state index >= 15 is 0 Å². The molecular weight excluding hydrogens is 342 g/mol. The highest BCUT2D eigenvalue weighted by atomic mass is 32.2. The van der Waals surface area contributed by atoms with Crippen molar-refractivity contribution in [1.82, 2.24) is 5.06 Å². The lowest BCUT2D eigenvalue weighted by atomic mass is 10.2. The van der Waals surface area contributed by atoms with Crippen LogP contribution in [-0.4, -0.2) is 17.6 Å². The van der Waals surface area contributed by atoms with E-state index < -0.39 is 0 Å². The van der Waals surface area contributed by atoms with Crippen molar-refractivity contribution in [3.63, 3.8) is 0 Å². The van der Waals surface area contributed by atoms with E-state index in [9.17, 15) is 4.79 Å². The fourth-order valence-electron chi connectivity index (χ4n) is 2.14. The first-order valence-electron chi connectivity index (χ1n) is 8.30. The van der Waals surface area contributed by atoms with E-state index in [-0.39, 0.29) is 12.5 Å². The number of carbonyl (C=O) groups is 1. The topological polar surface area (TPSA) is 29.5 Å². The van der Waals surface area contributed by atoms with Gasteiger partial charge in [-0.05, 0) is 30.7 Å². The Hall–Kier alpha value is -2.56. The molecule has 134 valence electrons. The van der Waals surface area contributed by atoms with Crippen LogP contribution in [0.3, 0.4) is 0 Å². The van der Waals surface area contributed by atoms with Crippen LogP contribution in [0, 0.1) is 0 Å². The number of benzene rings is 2. The fourth-order valence-corrected chi connectivity index (χ4v) is 2.94. The van der Waals surface area contributed by atoms with Gasteiger partial charge in [0, 0.05) is 15.4 Å². The fraction of sp³-hybridized carbons (Fsp3) is 0.136. The van der Waals surface area contributed by atoms with Gasteiger partial charge in [0.25, 0.3) is 5.91 Å². The van der Waals surface area contributed by atoms with Crippen molar-refractivity contribution in [3.8, 4) is 0 Å². The van der Waals surface area contributed by atoms with Gasteiger partial charge in [0.15, 0.2) is 0 Å². The SMILES string of the molecule is C=C/C(=C\CON(Cc1ccccc1)C(=O)C(=C)C)Sc1ccccc1. The summed E-state index contributed by atoms with van der Waals surface area (Å²) in [7, 11) is 0. The van der Waals surface area contributed by atoms with Crippen molar-refractivity contribution in [2.75, 3.05) is 6.61 Å². The summed E-state index contributed by atoms with van der Waals surface area (Å²) in [6.45, 7) is 9.89. The molecule has 2 aromatic carbocycles. The number of hydroxylamine groups is 2. The summed E-state index contributed by atoms with van der Waals surface area (Å²) in [5.41, 5.74) is 1.43. The van der Waals surface area contributed by atoms with Gasteiger partial charge in [-0.1, -0.05) is 79.5 Å². The number of hydrogen-bond acceptors (Lipinski definition) is 3. The highest BCUT2D eigenvalue weighted by Crippen LogP contribution is 2.26. The summed E-state index contributed by atoms with van der Waals surface area (Å²) in [5.74, 6) is -0.224. The minimum absolute atomic E-state index is 0.224. The zero-order valence-electron chi connectivity index (χ0n) is 14.9. The van der Waals surface area contributed by atoms with Crippen LogP contribution in [0.2, 0.25) is 0 Å². The minimum Gasteiger partial charge on any atom is -0.267 e. The molecule has 0 unspecified atom stereocenters. The van der Waals surface area contributed by atoms with Crippen molar-refractivity contribution < 1.29 is 9.63 Å². The Kier molecular flexibility index (Phi) is 7.93.